The zero-order valence-corrected chi connectivity index (χ0v) is 12.8. The van der Waals surface area contributed by atoms with Gasteiger partial charge in [0.05, 0.1) is 7.11 Å². The predicted molar refractivity (Wildman–Crippen MR) is 81.2 cm³/mol. The number of hydrogen-bond acceptors (Lipinski definition) is 2. The lowest BCUT2D eigenvalue weighted by Crippen LogP contribution is -2.27. The quantitative estimate of drug-likeness (QED) is 0.823. The van der Waals surface area contributed by atoms with Crippen molar-refractivity contribution in [2.45, 2.75) is 45.4 Å². The molecule has 1 aromatic rings. The number of carbonyl (C=O) groups is 1. The molecule has 1 aliphatic heterocycles. The van der Waals surface area contributed by atoms with Gasteiger partial charge >= 0.3 is 0 Å². The minimum Gasteiger partial charge on any atom is -0.496 e. The van der Waals surface area contributed by atoms with Gasteiger partial charge in [0.2, 0.25) is 5.91 Å². The van der Waals surface area contributed by atoms with E-state index in [1.54, 1.807) is 7.11 Å². The van der Waals surface area contributed by atoms with Crippen LogP contribution in [0, 0.1) is 6.92 Å². The lowest BCUT2D eigenvalue weighted by atomic mass is 9.95. The second kappa shape index (κ2) is 6.78. The molecular weight excluding hydrogens is 250 g/mol. The molecule has 1 amide bonds. The molecule has 0 N–H and O–H groups in total. The number of amides is 1. The van der Waals surface area contributed by atoms with Crippen molar-refractivity contribution in [1.29, 1.82) is 0 Å². The van der Waals surface area contributed by atoms with Gasteiger partial charge in [-0.3, -0.25) is 4.79 Å². The summed E-state index contributed by atoms with van der Waals surface area (Å²) in [7, 11) is 1.70. The number of methoxy groups -OCH3 is 1. The molecule has 20 heavy (non-hydrogen) atoms. The summed E-state index contributed by atoms with van der Waals surface area (Å²) in [6.07, 6.45) is 3.88. The molecule has 0 bridgehead atoms. The average Bonchev–Trinajstić information content (AvgIpc) is 2.99. The predicted octanol–water partition coefficient (Wildman–Crippen LogP) is 3.51. The lowest BCUT2D eigenvalue weighted by molar-refractivity contribution is -0.130. The Morgan fingerprint density at radius 3 is 2.70 bits per heavy atom. The fraction of sp³-hybridized carbons (Fsp3) is 0.588. The van der Waals surface area contributed by atoms with Gasteiger partial charge in [0.25, 0.3) is 0 Å². The van der Waals surface area contributed by atoms with Crippen molar-refractivity contribution in [2.24, 2.45) is 0 Å². The standard InChI is InChI=1S/C17H25NO2/c1-13(7-9-17(19)18-10-4-5-11-18)15-8-6-14(2)16(12-15)20-3/h6,8,12-13H,4-5,7,9-11H2,1-3H3. The highest BCUT2D eigenvalue weighted by Gasteiger charge is 2.18. The highest BCUT2D eigenvalue weighted by atomic mass is 16.5. The molecule has 0 radical (unpaired) electrons. The van der Waals surface area contributed by atoms with Gasteiger partial charge in [-0.1, -0.05) is 19.1 Å². The van der Waals surface area contributed by atoms with E-state index >= 15 is 0 Å². The highest BCUT2D eigenvalue weighted by Crippen LogP contribution is 2.27. The second-order valence-corrected chi connectivity index (χ2v) is 5.76. The number of carbonyl (C=O) groups excluding carboxylic acids is 1. The summed E-state index contributed by atoms with van der Waals surface area (Å²) >= 11 is 0. The monoisotopic (exact) mass is 275 g/mol. The molecule has 1 atom stereocenters. The van der Waals surface area contributed by atoms with Crippen LogP contribution in [-0.2, 0) is 4.79 Å². The summed E-state index contributed by atoms with van der Waals surface area (Å²) in [6.45, 7) is 6.13. The molecule has 0 aromatic heterocycles. The minimum atomic E-state index is 0.313. The Balaban J connectivity index is 1.91. The van der Waals surface area contributed by atoms with E-state index in [9.17, 15) is 4.79 Å². The first-order valence-corrected chi connectivity index (χ1v) is 7.54. The van der Waals surface area contributed by atoms with E-state index in [-0.39, 0.29) is 0 Å². The number of rotatable bonds is 5. The first kappa shape index (κ1) is 14.9. The normalized spacial score (nSPS) is 16.2. The molecule has 110 valence electrons. The molecule has 1 saturated heterocycles. The molecular formula is C17H25NO2. The van der Waals surface area contributed by atoms with Crippen LogP contribution >= 0.6 is 0 Å². The van der Waals surface area contributed by atoms with Gasteiger partial charge in [-0.2, -0.15) is 0 Å². The van der Waals surface area contributed by atoms with Crippen molar-refractivity contribution < 1.29 is 9.53 Å². The smallest absolute Gasteiger partial charge is 0.222 e. The first-order chi connectivity index (χ1) is 9.61. The third kappa shape index (κ3) is 3.53. The largest absolute Gasteiger partial charge is 0.496 e. The van der Waals surface area contributed by atoms with Gasteiger partial charge in [0, 0.05) is 19.5 Å². The van der Waals surface area contributed by atoms with Crippen LogP contribution in [-0.4, -0.2) is 31.0 Å². The zero-order chi connectivity index (χ0) is 14.5. The van der Waals surface area contributed by atoms with Crippen molar-refractivity contribution in [1.82, 2.24) is 4.90 Å². The summed E-state index contributed by atoms with van der Waals surface area (Å²) < 4.78 is 5.37. The summed E-state index contributed by atoms with van der Waals surface area (Å²) in [5.41, 5.74) is 2.40. The van der Waals surface area contributed by atoms with E-state index in [1.165, 1.54) is 5.56 Å². The maximum atomic E-state index is 12.1. The van der Waals surface area contributed by atoms with E-state index in [4.69, 9.17) is 4.74 Å². The van der Waals surface area contributed by atoms with Crippen LogP contribution in [0.15, 0.2) is 18.2 Å². The van der Waals surface area contributed by atoms with Crippen molar-refractivity contribution in [2.75, 3.05) is 20.2 Å². The molecule has 0 spiro atoms. The molecule has 3 heteroatoms. The Hall–Kier alpha value is -1.51. The Labute approximate surface area is 121 Å². The molecule has 0 aliphatic carbocycles. The van der Waals surface area contributed by atoms with Crippen molar-refractivity contribution >= 4 is 5.91 Å². The zero-order valence-electron chi connectivity index (χ0n) is 12.8. The number of likely N-dealkylation sites (tertiary alicyclic amines) is 1. The summed E-state index contributed by atoms with van der Waals surface area (Å²) in [4.78, 5) is 14.1. The number of nitrogens with zero attached hydrogens (tertiary/aromatic N) is 1. The van der Waals surface area contributed by atoms with Crippen molar-refractivity contribution in [3.05, 3.63) is 29.3 Å². The maximum Gasteiger partial charge on any atom is 0.222 e. The molecule has 1 fully saturated rings. The highest BCUT2D eigenvalue weighted by molar-refractivity contribution is 5.76. The van der Waals surface area contributed by atoms with E-state index in [2.05, 4.69) is 25.1 Å². The van der Waals surface area contributed by atoms with E-state index in [1.807, 2.05) is 11.8 Å². The number of hydrogen-bond donors (Lipinski definition) is 0. The van der Waals surface area contributed by atoms with Crippen molar-refractivity contribution in [3.63, 3.8) is 0 Å². The van der Waals surface area contributed by atoms with Crippen LogP contribution in [0.2, 0.25) is 0 Å². The average molecular weight is 275 g/mol. The molecule has 3 nitrogen and oxygen atoms in total. The maximum absolute atomic E-state index is 12.1. The number of aryl methyl sites for hydroxylation is 1. The fourth-order valence-electron chi connectivity index (χ4n) is 2.77. The lowest BCUT2D eigenvalue weighted by Gasteiger charge is -2.18. The Morgan fingerprint density at radius 2 is 2.05 bits per heavy atom. The Kier molecular flexibility index (Phi) is 5.05. The SMILES string of the molecule is COc1cc(C(C)CCC(=O)N2CCCC2)ccc1C. The minimum absolute atomic E-state index is 0.313. The van der Waals surface area contributed by atoms with Gasteiger partial charge < -0.3 is 9.64 Å². The third-order valence-electron chi connectivity index (χ3n) is 4.25. The topological polar surface area (TPSA) is 29.5 Å². The van der Waals surface area contributed by atoms with Crippen LogP contribution in [0.25, 0.3) is 0 Å². The second-order valence-electron chi connectivity index (χ2n) is 5.76. The van der Waals surface area contributed by atoms with Gasteiger partial charge in [-0.15, -0.1) is 0 Å². The molecule has 2 rings (SSSR count). The first-order valence-electron chi connectivity index (χ1n) is 7.54. The Morgan fingerprint density at radius 1 is 1.35 bits per heavy atom. The van der Waals surface area contributed by atoms with E-state index in [0.717, 1.165) is 43.7 Å². The number of ether oxygens (including phenoxy) is 1. The fourth-order valence-corrected chi connectivity index (χ4v) is 2.77. The summed E-state index contributed by atoms with van der Waals surface area (Å²) in [5.74, 6) is 1.63. The molecule has 0 saturated carbocycles. The van der Waals surface area contributed by atoms with Crippen LogP contribution in [0.4, 0.5) is 0 Å². The van der Waals surface area contributed by atoms with Crippen LogP contribution < -0.4 is 4.74 Å². The van der Waals surface area contributed by atoms with E-state index < -0.39 is 0 Å². The molecule has 1 aliphatic rings. The summed E-state index contributed by atoms with van der Waals surface area (Å²) in [5, 5.41) is 0. The van der Waals surface area contributed by atoms with Gasteiger partial charge in [0.15, 0.2) is 0 Å². The Bertz CT molecular complexity index is 464. The van der Waals surface area contributed by atoms with Gasteiger partial charge in [-0.05, 0) is 49.3 Å². The molecule has 1 unspecified atom stereocenters. The van der Waals surface area contributed by atoms with Crippen LogP contribution in [0.5, 0.6) is 5.75 Å². The van der Waals surface area contributed by atoms with Crippen molar-refractivity contribution in [3.8, 4) is 5.75 Å². The number of benzene rings is 1. The summed E-state index contributed by atoms with van der Waals surface area (Å²) in [6, 6.07) is 6.33. The van der Waals surface area contributed by atoms with Gasteiger partial charge in [-0.25, -0.2) is 0 Å². The van der Waals surface area contributed by atoms with Gasteiger partial charge in [0.1, 0.15) is 5.75 Å². The molecule has 1 heterocycles. The molecule has 1 aromatic carbocycles. The van der Waals surface area contributed by atoms with Crippen LogP contribution in [0.1, 0.15) is 49.7 Å². The third-order valence-corrected chi connectivity index (χ3v) is 4.25. The van der Waals surface area contributed by atoms with E-state index in [0.29, 0.717) is 18.2 Å². The van der Waals surface area contributed by atoms with Crippen LogP contribution in [0.3, 0.4) is 0 Å².